The van der Waals surface area contributed by atoms with E-state index in [4.69, 9.17) is 21.1 Å². The molecule has 106 valence electrons. The molecule has 0 aromatic carbocycles. The molecular formula is C10H8ClN3O5S. The summed E-state index contributed by atoms with van der Waals surface area (Å²) >= 11 is 5.68. The number of aromatic nitrogens is 2. The molecule has 2 aromatic heterocycles. The smallest absolute Gasteiger partial charge is 0.371 e. The second-order valence-electron chi connectivity index (χ2n) is 3.68. The molecule has 0 aliphatic rings. The minimum absolute atomic E-state index is 0.0702. The summed E-state index contributed by atoms with van der Waals surface area (Å²) < 4.78 is 30.6. The van der Waals surface area contributed by atoms with Crippen LogP contribution in [-0.2, 0) is 10.0 Å². The minimum atomic E-state index is -4.12. The van der Waals surface area contributed by atoms with E-state index in [-0.39, 0.29) is 11.1 Å². The van der Waals surface area contributed by atoms with E-state index in [1.54, 1.807) is 6.92 Å². The van der Waals surface area contributed by atoms with E-state index in [2.05, 4.69) is 9.97 Å². The summed E-state index contributed by atoms with van der Waals surface area (Å²) in [4.78, 5) is 18.2. The highest BCUT2D eigenvalue weighted by Gasteiger charge is 2.22. The van der Waals surface area contributed by atoms with Crippen molar-refractivity contribution in [2.24, 2.45) is 0 Å². The van der Waals surface area contributed by atoms with Crippen LogP contribution in [0.3, 0.4) is 0 Å². The number of carboxylic acid groups (broad SMARTS) is 1. The van der Waals surface area contributed by atoms with E-state index >= 15 is 0 Å². The third-order valence-corrected chi connectivity index (χ3v) is 3.50. The summed E-state index contributed by atoms with van der Waals surface area (Å²) in [6.07, 6.45) is 0. The lowest BCUT2D eigenvalue weighted by Gasteiger charge is -2.04. The third kappa shape index (κ3) is 3.06. The first-order valence-corrected chi connectivity index (χ1v) is 7.01. The molecule has 0 saturated carbocycles. The molecule has 10 heteroatoms. The van der Waals surface area contributed by atoms with Crippen molar-refractivity contribution in [1.29, 1.82) is 0 Å². The van der Waals surface area contributed by atoms with Gasteiger partial charge in [-0.15, -0.1) is 0 Å². The van der Waals surface area contributed by atoms with Crippen molar-refractivity contribution in [2.45, 2.75) is 12.0 Å². The number of carbonyl (C=O) groups is 1. The molecule has 0 aliphatic carbocycles. The van der Waals surface area contributed by atoms with Gasteiger partial charge in [-0.05, 0) is 25.1 Å². The fraction of sp³-hybridized carbons (Fsp3) is 0.100. The van der Waals surface area contributed by atoms with Crippen molar-refractivity contribution in [3.63, 3.8) is 0 Å². The Morgan fingerprint density at radius 3 is 2.65 bits per heavy atom. The van der Waals surface area contributed by atoms with Gasteiger partial charge in [0, 0.05) is 5.69 Å². The number of nitrogens with one attached hydrogen (secondary N) is 1. The van der Waals surface area contributed by atoms with Gasteiger partial charge in [0.2, 0.25) is 16.8 Å². The number of aryl methyl sites for hydroxylation is 1. The number of hydrogen-bond acceptors (Lipinski definition) is 6. The molecule has 2 rings (SSSR count). The van der Waals surface area contributed by atoms with Gasteiger partial charge < -0.3 is 9.52 Å². The van der Waals surface area contributed by atoms with Gasteiger partial charge in [-0.1, -0.05) is 11.6 Å². The highest BCUT2D eigenvalue weighted by atomic mass is 35.5. The molecule has 0 spiro atoms. The van der Waals surface area contributed by atoms with Gasteiger partial charge in [0.25, 0.3) is 10.0 Å². The quantitative estimate of drug-likeness (QED) is 0.820. The molecule has 0 fully saturated rings. The van der Waals surface area contributed by atoms with Crippen molar-refractivity contribution in [3.8, 4) is 0 Å². The summed E-state index contributed by atoms with van der Waals surface area (Å²) in [5, 5.41) is 8.19. The van der Waals surface area contributed by atoms with Gasteiger partial charge in [-0.25, -0.2) is 19.5 Å². The van der Waals surface area contributed by atoms with Crippen LogP contribution in [0.25, 0.3) is 0 Å². The number of anilines is 1. The predicted octanol–water partition coefficient (Wildman–Crippen LogP) is 1.53. The van der Waals surface area contributed by atoms with E-state index in [0.29, 0.717) is 5.69 Å². The van der Waals surface area contributed by atoms with Crippen LogP contribution in [0.15, 0.2) is 27.7 Å². The Morgan fingerprint density at radius 2 is 2.10 bits per heavy atom. The fourth-order valence-electron chi connectivity index (χ4n) is 1.33. The molecular weight excluding hydrogens is 310 g/mol. The van der Waals surface area contributed by atoms with Crippen molar-refractivity contribution in [1.82, 2.24) is 9.97 Å². The summed E-state index contributed by atoms with van der Waals surface area (Å²) in [6, 6.07) is 3.50. The lowest BCUT2D eigenvalue weighted by Crippen LogP contribution is -2.14. The van der Waals surface area contributed by atoms with Crippen LogP contribution >= 0.6 is 11.6 Å². The zero-order valence-electron chi connectivity index (χ0n) is 9.99. The Hall–Kier alpha value is -2.13. The molecule has 0 aliphatic heterocycles. The van der Waals surface area contributed by atoms with Crippen LogP contribution in [0.1, 0.15) is 16.2 Å². The number of furan rings is 1. The average Bonchev–Trinajstić information content (AvgIpc) is 2.76. The molecule has 2 aromatic rings. The van der Waals surface area contributed by atoms with Gasteiger partial charge in [0.05, 0.1) is 0 Å². The Bertz CT molecular complexity index is 751. The number of nitrogens with zero attached hydrogens (tertiary/aromatic N) is 2. The second-order valence-corrected chi connectivity index (χ2v) is 5.69. The molecule has 0 unspecified atom stereocenters. The number of rotatable bonds is 4. The van der Waals surface area contributed by atoms with Crippen LogP contribution in [-0.4, -0.2) is 29.5 Å². The highest BCUT2D eigenvalue weighted by Crippen LogP contribution is 2.18. The van der Waals surface area contributed by atoms with Gasteiger partial charge in [-0.3, -0.25) is 0 Å². The topological polar surface area (TPSA) is 122 Å². The number of hydrogen-bond donors (Lipinski definition) is 2. The first-order valence-electron chi connectivity index (χ1n) is 5.15. The maximum atomic E-state index is 11.9. The van der Waals surface area contributed by atoms with E-state index < -0.39 is 26.8 Å². The normalized spacial score (nSPS) is 11.3. The number of sulfonamides is 1. The van der Waals surface area contributed by atoms with Crippen molar-refractivity contribution in [3.05, 3.63) is 34.8 Å². The zero-order chi connectivity index (χ0) is 14.9. The molecule has 20 heavy (non-hydrogen) atoms. The third-order valence-electron chi connectivity index (χ3n) is 2.11. The van der Waals surface area contributed by atoms with Crippen molar-refractivity contribution >= 4 is 33.5 Å². The molecule has 2 heterocycles. The van der Waals surface area contributed by atoms with Crippen LogP contribution in [0.4, 0.5) is 5.95 Å². The Kier molecular flexibility index (Phi) is 3.64. The van der Waals surface area contributed by atoms with E-state index in [9.17, 15) is 13.2 Å². The van der Waals surface area contributed by atoms with Crippen LogP contribution < -0.4 is 4.72 Å². The lowest BCUT2D eigenvalue weighted by atomic mass is 10.5. The first-order chi connectivity index (χ1) is 9.28. The predicted molar refractivity (Wildman–Crippen MR) is 68.3 cm³/mol. The SMILES string of the molecule is Cc1cc(Cl)nc(NS(=O)(=O)c2ccc(C(=O)O)o2)n1. The maximum Gasteiger partial charge on any atom is 0.371 e. The first kappa shape index (κ1) is 14.3. The Balaban J connectivity index is 2.32. The number of aromatic carboxylic acids is 1. The van der Waals surface area contributed by atoms with Gasteiger partial charge in [0.1, 0.15) is 5.15 Å². The summed E-state index contributed by atoms with van der Waals surface area (Å²) in [5.41, 5.74) is 0.466. The van der Waals surface area contributed by atoms with Gasteiger partial charge in [0.15, 0.2) is 0 Å². The summed E-state index contributed by atoms with van der Waals surface area (Å²) in [6.45, 7) is 1.61. The van der Waals surface area contributed by atoms with Crippen LogP contribution in [0.2, 0.25) is 5.15 Å². The molecule has 0 saturated heterocycles. The molecule has 0 atom stereocenters. The lowest BCUT2D eigenvalue weighted by molar-refractivity contribution is 0.0656. The maximum absolute atomic E-state index is 11.9. The number of carboxylic acids is 1. The minimum Gasteiger partial charge on any atom is -0.475 e. The number of halogens is 1. The van der Waals surface area contributed by atoms with Crippen molar-refractivity contribution in [2.75, 3.05) is 4.72 Å². The van der Waals surface area contributed by atoms with Crippen molar-refractivity contribution < 1.29 is 22.7 Å². The molecule has 2 N–H and O–H groups in total. The molecule has 0 amide bonds. The molecule has 0 bridgehead atoms. The monoisotopic (exact) mass is 317 g/mol. The average molecular weight is 318 g/mol. The van der Waals surface area contributed by atoms with E-state index in [1.807, 2.05) is 4.72 Å². The van der Waals surface area contributed by atoms with Crippen LogP contribution in [0, 0.1) is 6.92 Å². The standard InChI is InChI=1S/C10H8ClN3O5S/c1-5-4-7(11)13-10(12-5)14-20(17,18)8-3-2-6(19-8)9(15)16/h2-4H,1H3,(H,15,16)(H,12,13,14). The van der Waals surface area contributed by atoms with Crippen LogP contribution in [0.5, 0.6) is 0 Å². The second kappa shape index (κ2) is 5.10. The Labute approximate surface area is 118 Å². The van der Waals surface area contributed by atoms with Gasteiger partial charge >= 0.3 is 5.97 Å². The molecule has 0 radical (unpaired) electrons. The fourth-order valence-corrected chi connectivity index (χ4v) is 2.44. The Morgan fingerprint density at radius 1 is 1.40 bits per heavy atom. The van der Waals surface area contributed by atoms with Gasteiger partial charge in [-0.2, -0.15) is 8.42 Å². The van der Waals surface area contributed by atoms with E-state index in [0.717, 1.165) is 12.1 Å². The largest absolute Gasteiger partial charge is 0.475 e. The zero-order valence-corrected chi connectivity index (χ0v) is 11.6. The highest BCUT2D eigenvalue weighted by molar-refractivity contribution is 7.92. The summed E-state index contributed by atoms with van der Waals surface area (Å²) in [5.74, 6) is -2.10. The molecule has 8 nitrogen and oxygen atoms in total. The van der Waals surface area contributed by atoms with E-state index in [1.165, 1.54) is 6.07 Å². The summed E-state index contributed by atoms with van der Waals surface area (Å²) in [7, 11) is -4.12.